The second-order valence-corrected chi connectivity index (χ2v) is 4.88. The molecule has 1 aromatic rings. The van der Waals surface area contributed by atoms with Crippen LogP contribution in [-0.2, 0) is 16.0 Å². The first-order valence-corrected chi connectivity index (χ1v) is 6.12. The summed E-state index contributed by atoms with van der Waals surface area (Å²) in [6.07, 6.45) is 2.56. The standard InChI is InChI=1S/C11H13NO3S/c13-10(6-11(14)15)12-8-2-1-3-9-7(8)4-5-16-9/h4-5,8H,1-3,6H2,(H,12,13)(H,14,15). The molecule has 2 N–H and O–H groups in total. The highest BCUT2D eigenvalue weighted by Crippen LogP contribution is 2.33. The molecule has 0 saturated carbocycles. The Hall–Kier alpha value is -1.36. The summed E-state index contributed by atoms with van der Waals surface area (Å²) < 4.78 is 0. The van der Waals surface area contributed by atoms with Gasteiger partial charge in [0, 0.05) is 4.88 Å². The summed E-state index contributed by atoms with van der Waals surface area (Å²) in [4.78, 5) is 23.1. The molecule has 1 unspecified atom stereocenters. The predicted octanol–water partition coefficient (Wildman–Crippen LogP) is 1.72. The van der Waals surface area contributed by atoms with Gasteiger partial charge in [-0.25, -0.2) is 0 Å². The SMILES string of the molecule is O=C(O)CC(=O)NC1CCCc2sccc21. The molecule has 0 bridgehead atoms. The van der Waals surface area contributed by atoms with Gasteiger partial charge in [0.15, 0.2) is 0 Å². The summed E-state index contributed by atoms with van der Waals surface area (Å²) in [5.74, 6) is -1.49. The molecule has 1 atom stereocenters. The van der Waals surface area contributed by atoms with Gasteiger partial charge in [-0.2, -0.15) is 0 Å². The highest BCUT2D eigenvalue weighted by molar-refractivity contribution is 7.10. The molecule has 1 aliphatic rings. The highest BCUT2D eigenvalue weighted by atomic mass is 32.1. The Bertz CT molecular complexity index is 413. The third kappa shape index (κ3) is 2.41. The molecular formula is C11H13NO3S. The van der Waals surface area contributed by atoms with Crippen LogP contribution < -0.4 is 5.32 Å². The first-order valence-electron chi connectivity index (χ1n) is 5.24. The molecule has 0 radical (unpaired) electrons. The number of aliphatic carboxylic acids is 1. The Balaban J connectivity index is 2.02. The minimum Gasteiger partial charge on any atom is -0.481 e. The third-order valence-electron chi connectivity index (χ3n) is 2.70. The highest BCUT2D eigenvalue weighted by Gasteiger charge is 2.23. The smallest absolute Gasteiger partial charge is 0.312 e. The van der Waals surface area contributed by atoms with Crippen molar-refractivity contribution in [3.63, 3.8) is 0 Å². The van der Waals surface area contributed by atoms with Gasteiger partial charge in [-0.15, -0.1) is 11.3 Å². The summed E-state index contributed by atoms with van der Waals surface area (Å²) in [5.41, 5.74) is 1.16. The van der Waals surface area contributed by atoms with Crippen molar-refractivity contribution in [1.29, 1.82) is 0 Å². The number of carboxylic acid groups (broad SMARTS) is 1. The molecule has 0 aromatic carbocycles. The van der Waals surface area contributed by atoms with E-state index in [2.05, 4.69) is 5.32 Å². The van der Waals surface area contributed by atoms with Gasteiger partial charge in [0.05, 0.1) is 6.04 Å². The van der Waals surface area contributed by atoms with Gasteiger partial charge < -0.3 is 10.4 Å². The van der Waals surface area contributed by atoms with Gasteiger partial charge in [0.25, 0.3) is 0 Å². The van der Waals surface area contributed by atoms with E-state index in [4.69, 9.17) is 5.11 Å². The van der Waals surface area contributed by atoms with Crippen LogP contribution in [0.15, 0.2) is 11.4 Å². The van der Waals surface area contributed by atoms with Gasteiger partial charge >= 0.3 is 5.97 Å². The Kier molecular flexibility index (Phi) is 3.24. The molecule has 1 aromatic heterocycles. The lowest BCUT2D eigenvalue weighted by molar-refractivity contribution is -0.140. The number of nitrogens with one attached hydrogen (secondary N) is 1. The summed E-state index contributed by atoms with van der Waals surface area (Å²) in [6.45, 7) is 0. The number of amides is 1. The number of hydrogen-bond acceptors (Lipinski definition) is 3. The molecule has 1 heterocycles. The fourth-order valence-corrected chi connectivity index (χ4v) is 3.01. The molecule has 0 fully saturated rings. The molecule has 0 saturated heterocycles. The van der Waals surface area contributed by atoms with Crippen molar-refractivity contribution in [3.05, 3.63) is 21.9 Å². The van der Waals surface area contributed by atoms with Crippen molar-refractivity contribution >= 4 is 23.2 Å². The van der Waals surface area contributed by atoms with Crippen LogP contribution in [0, 0.1) is 0 Å². The van der Waals surface area contributed by atoms with E-state index in [1.807, 2.05) is 11.4 Å². The maximum absolute atomic E-state index is 11.4. The van der Waals surface area contributed by atoms with Crippen LogP contribution in [0.25, 0.3) is 0 Å². The molecule has 86 valence electrons. The number of carboxylic acids is 1. The van der Waals surface area contributed by atoms with Gasteiger partial charge in [-0.1, -0.05) is 0 Å². The van der Waals surface area contributed by atoms with Crippen LogP contribution in [0.3, 0.4) is 0 Å². The molecule has 4 nitrogen and oxygen atoms in total. The van der Waals surface area contributed by atoms with Crippen molar-refractivity contribution in [2.24, 2.45) is 0 Å². The first kappa shape index (κ1) is 11.1. The van der Waals surface area contributed by atoms with E-state index in [0.717, 1.165) is 24.8 Å². The molecule has 1 amide bonds. The first-order chi connectivity index (χ1) is 7.66. The lowest BCUT2D eigenvalue weighted by Gasteiger charge is -2.23. The van der Waals surface area contributed by atoms with Crippen LogP contribution in [-0.4, -0.2) is 17.0 Å². The van der Waals surface area contributed by atoms with E-state index in [-0.39, 0.29) is 6.04 Å². The number of carbonyl (C=O) groups is 2. The van der Waals surface area contributed by atoms with Crippen molar-refractivity contribution < 1.29 is 14.7 Å². The fourth-order valence-electron chi connectivity index (χ4n) is 2.02. The number of hydrogen-bond donors (Lipinski definition) is 2. The molecule has 0 aliphatic heterocycles. The van der Waals surface area contributed by atoms with Crippen LogP contribution in [0.2, 0.25) is 0 Å². The Morgan fingerprint density at radius 1 is 1.56 bits per heavy atom. The van der Waals surface area contributed by atoms with Crippen LogP contribution in [0.5, 0.6) is 0 Å². The van der Waals surface area contributed by atoms with Crippen molar-refractivity contribution in [2.45, 2.75) is 31.7 Å². The maximum Gasteiger partial charge on any atom is 0.312 e. The zero-order valence-electron chi connectivity index (χ0n) is 8.73. The minimum absolute atomic E-state index is 0.00171. The molecule has 5 heteroatoms. The number of aryl methyl sites for hydroxylation is 1. The zero-order valence-corrected chi connectivity index (χ0v) is 9.55. The van der Waals surface area contributed by atoms with Gasteiger partial charge in [0.2, 0.25) is 5.91 Å². The second kappa shape index (κ2) is 4.65. The van der Waals surface area contributed by atoms with Crippen molar-refractivity contribution in [2.75, 3.05) is 0 Å². The summed E-state index contributed by atoms with van der Waals surface area (Å²) in [5, 5.41) is 13.3. The summed E-state index contributed by atoms with van der Waals surface area (Å²) >= 11 is 1.70. The van der Waals surface area contributed by atoms with E-state index < -0.39 is 18.3 Å². The number of rotatable bonds is 3. The zero-order chi connectivity index (χ0) is 11.5. The quantitative estimate of drug-likeness (QED) is 0.789. The molecule has 16 heavy (non-hydrogen) atoms. The lowest BCUT2D eigenvalue weighted by Crippen LogP contribution is -2.31. The maximum atomic E-state index is 11.4. The molecular weight excluding hydrogens is 226 g/mol. The van der Waals surface area contributed by atoms with Gasteiger partial charge in [-0.05, 0) is 36.3 Å². The second-order valence-electron chi connectivity index (χ2n) is 3.88. The Morgan fingerprint density at radius 2 is 2.38 bits per heavy atom. The number of thiophene rings is 1. The predicted molar refractivity (Wildman–Crippen MR) is 60.4 cm³/mol. The monoisotopic (exact) mass is 239 g/mol. The topological polar surface area (TPSA) is 66.4 Å². The largest absolute Gasteiger partial charge is 0.481 e. The summed E-state index contributed by atoms with van der Waals surface area (Å²) in [6, 6.07) is 2.02. The molecule has 2 rings (SSSR count). The Morgan fingerprint density at radius 3 is 3.12 bits per heavy atom. The average Bonchev–Trinajstić information content (AvgIpc) is 2.65. The van der Waals surface area contributed by atoms with E-state index in [1.165, 1.54) is 4.88 Å². The normalized spacial score (nSPS) is 18.9. The Labute approximate surface area is 97.3 Å². The number of carbonyl (C=O) groups excluding carboxylic acids is 1. The van der Waals surface area contributed by atoms with E-state index in [9.17, 15) is 9.59 Å². The van der Waals surface area contributed by atoms with Crippen molar-refractivity contribution in [1.82, 2.24) is 5.32 Å². The van der Waals surface area contributed by atoms with E-state index in [1.54, 1.807) is 11.3 Å². The fraction of sp³-hybridized carbons (Fsp3) is 0.455. The van der Waals surface area contributed by atoms with Crippen molar-refractivity contribution in [3.8, 4) is 0 Å². The van der Waals surface area contributed by atoms with Gasteiger partial charge in [0.1, 0.15) is 6.42 Å². The summed E-state index contributed by atoms with van der Waals surface area (Å²) in [7, 11) is 0. The third-order valence-corrected chi connectivity index (χ3v) is 3.70. The lowest BCUT2D eigenvalue weighted by atomic mass is 9.94. The van der Waals surface area contributed by atoms with Crippen LogP contribution in [0.1, 0.15) is 35.7 Å². The average molecular weight is 239 g/mol. The van der Waals surface area contributed by atoms with E-state index in [0.29, 0.717) is 0 Å². The molecule has 1 aliphatic carbocycles. The minimum atomic E-state index is -1.08. The van der Waals surface area contributed by atoms with Gasteiger partial charge in [-0.3, -0.25) is 9.59 Å². The van der Waals surface area contributed by atoms with E-state index >= 15 is 0 Å². The van der Waals surface area contributed by atoms with Crippen LogP contribution in [0.4, 0.5) is 0 Å². The number of fused-ring (bicyclic) bond motifs is 1. The molecule has 0 spiro atoms. The van der Waals surface area contributed by atoms with Crippen LogP contribution >= 0.6 is 11.3 Å².